The van der Waals surface area contributed by atoms with Crippen LogP contribution in [-0.4, -0.2) is 37.5 Å². The largest absolute Gasteiger partial charge is 0.354 e. The molecule has 0 aromatic heterocycles. The lowest BCUT2D eigenvalue weighted by Crippen LogP contribution is -2.53. The van der Waals surface area contributed by atoms with Gasteiger partial charge < -0.3 is 16.0 Å². The van der Waals surface area contributed by atoms with Crippen LogP contribution in [0, 0.1) is 18.8 Å². The molecule has 1 aliphatic rings. The number of hydrogen-bond donors (Lipinski definition) is 3. The fourth-order valence-electron chi connectivity index (χ4n) is 2.43. The number of amides is 2. The van der Waals surface area contributed by atoms with Gasteiger partial charge in [0.2, 0.25) is 5.91 Å². The summed E-state index contributed by atoms with van der Waals surface area (Å²) in [5.41, 5.74) is 1.52. The van der Waals surface area contributed by atoms with Crippen molar-refractivity contribution < 1.29 is 9.59 Å². The third-order valence-electron chi connectivity index (χ3n) is 4.06. The number of hydrogen-bond acceptors (Lipinski definition) is 3. The van der Waals surface area contributed by atoms with Gasteiger partial charge in [-0.05, 0) is 24.5 Å². The second kappa shape index (κ2) is 8.89. The zero-order chi connectivity index (χ0) is 16.1. The Labute approximate surface area is 144 Å². The summed E-state index contributed by atoms with van der Waals surface area (Å²) in [4.78, 5) is 24.7. The molecular formula is C17H26ClN3O2. The van der Waals surface area contributed by atoms with Gasteiger partial charge in [0.25, 0.3) is 5.91 Å². The van der Waals surface area contributed by atoms with Crippen molar-refractivity contribution in [1.29, 1.82) is 0 Å². The van der Waals surface area contributed by atoms with Crippen molar-refractivity contribution in [1.82, 2.24) is 16.0 Å². The summed E-state index contributed by atoms with van der Waals surface area (Å²) in [6, 6.07) is 6.88. The highest BCUT2D eigenvalue weighted by Gasteiger charge is 2.26. The third kappa shape index (κ3) is 5.22. The first kappa shape index (κ1) is 19.5. The molecule has 1 atom stereocenters. The van der Waals surface area contributed by atoms with Crippen molar-refractivity contribution in [3.8, 4) is 0 Å². The molecule has 23 heavy (non-hydrogen) atoms. The summed E-state index contributed by atoms with van der Waals surface area (Å²) in [6.45, 7) is 8.32. The zero-order valence-corrected chi connectivity index (χ0v) is 14.7. The van der Waals surface area contributed by atoms with Crippen LogP contribution in [0.5, 0.6) is 0 Å². The molecule has 0 radical (unpaired) electrons. The summed E-state index contributed by atoms with van der Waals surface area (Å²) in [5.74, 6) is 0.234. The average Bonchev–Trinajstić information content (AvgIpc) is 2.42. The number of carbonyl (C=O) groups excluding carboxylic acids is 2. The van der Waals surface area contributed by atoms with Crippen LogP contribution in [0.15, 0.2) is 24.3 Å². The number of aryl methyl sites for hydroxylation is 1. The van der Waals surface area contributed by atoms with E-state index in [1.165, 1.54) is 0 Å². The van der Waals surface area contributed by atoms with Crippen molar-refractivity contribution in [2.24, 2.45) is 11.8 Å². The molecule has 0 aliphatic carbocycles. The minimum absolute atomic E-state index is 0. The molecule has 1 aromatic carbocycles. The summed E-state index contributed by atoms with van der Waals surface area (Å²) in [7, 11) is 0. The number of benzene rings is 1. The Morgan fingerprint density at radius 1 is 1.26 bits per heavy atom. The molecule has 0 saturated carbocycles. The van der Waals surface area contributed by atoms with E-state index in [0.717, 1.165) is 18.7 Å². The Bertz CT molecular complexity index is 544. The van der Waals surface area contributed by atoms with Gasteiger partial charge in [0.1, 0.15) is 6.04 Å². The minimum Gasteiger partial charge on any atom is -0.354 e. The summed E-state index contributed by atoms with van der Waals surface area (Å²) in [5, 5.41) is 8.99. The van der Waals surface area contributed by atoms with E-state index in [0.29, 0.717) is 18.0 Å². The Balaban J connectivity index is 0.00000264. The SMILES string of the molecule is Cc1ccccc1C(=O)NC(C(=O)NCC1CNC1)C(C)C.Cl. The van der Waals surface area contributed by atoms with Gasteiger partial charge in [0.05, 0.1) is 0 Å². The molecule has 1 unspecified atom stereocenters. The van der Waals surface area contributed by atoms with E-state index in [4.69, 9.17) is 0 Å². The lowest BCUT2D eigenvalue weighted by atomic mass is 10.0. The van der Waals surface area contributed by atoms with Gasteiger partial charge >= 0.3 is 0 Å². The van der Waals surface area contributed by atoms with Gasteiger partial charge in [-0.25, -0.2) is 0 Å². The highest BCUT2D eigenvalue weighted by molar-refractivity contribution is 5.98. The van der Waals surface area contributed by atoms with E-state index in [1.54, 1.807) is 6.07 Å². The molecule has 128 valence electrons. The topological polar surface area (TPSA) is 70.2 Å². The Hall–Kier alpha value is -1.59. The van der Waals surface area contributed by atoms with Gasteiger partial charge in [-0.15, -0.1) is 12.4 Å². The van der Waals surface area contributed by atoms with E-state index < -0.39 is 6.04 Å². The zero-order valence-electron chi connectivity index (χ0n) is 13.9. The van der Waals surface area contributed by atoms with Crippen LogP contribution >= 0.6 is 12.4 Å². The van der Waals surface area contributed by atoms with Crippen LogP contribution in [0.1, 0.15) is 29.8 Å². The monoisotopic (exact) mass is 339 g/mol. The summed E-state index contributed by atoms with van der Waals surface area (Å²) >= 11 is 0. The van der Waals surface area contributed by atoms with Gasteiger partial charge in [-0.2, -0.15) is 0 Å². The average molecular weight is 340 g/mol. The number of carbonyl (C=O) groups is 2. The van der Waals surface area contributed by atoms with Gasteiger partial charge in [0.15, 0.2) is 0 Å². The molecule has 3 N–H and O–H groups in total. The first-order chi connectivity index (χ1) is 10.5. The second-order valence-electron chi connectivity index (χ2n) is 6.28. The normalized spacial score (nSPS) is 15.3. The molecule has 1 heterocycles. The Morgan fingerprint density at radius 3 is 2.43 bits per heavy atom. The van der Waals surface area contributed by atoms with Crippen LogP contribution in [0.25, 0.3) is 0 Å². The smallest absolute Gasteiger partial charge is 0.252 e. The summed E-state index contributed by atoms with van der Waals surface area (Å²) in [6.07, 6.45) is 0. The highest BCUT2D eigenvalue weighted by Crippen LogP contribution is 2.09. The van der Waals surface area contributed by atoms with E-state index in [2.05, 4.69) is 16.0 Å². The number of nitrogens with one attached hydrogen (secondary N) is 3. The maximum Gasteiger partial charge on any atom is 0.252 e. The maximum atomic E-state index is 12.4. The Kier molecular flexibility index (Phi) is 7.52. The molecule has 1 aromatic rings. The van der Waals surface area contributed by atoms with Gasteiger partial charge in [0, 0.05) is 31.1 Å². The standard InChI is InChI=1S/C17H25N3O2.ClH/c1-11(2)15(17(22)19-10-13-8-18-9-13)20-16(21)14-7-5-4-6-12(14)3;/h4-7,11,13,15,18H,8-10H2,1-3H3,(H,19,22)(H,20,21);1H. The van der Waals surface area contributed by atoms with Crippen molar-refractivity contribution in [3.05, 3.63) is 35.4 Å². The molecule has 5 nitrogen and oxygen atoms in total. The van der Waals surface area contributed by atoms with Gasteiger partial charge in [-0.1, -0.05) is 32.0 Å². The summed E-state index contributed by atoms with van der Waals surface area (Å²) < 4.78 is 0. The predicted octanol–water partition coefficient (Wildman–Crippen LogP) is 1.51. The lowest BCUT2D eigenvalue weighted by molar-refractivity contribution is -0.124. The van der Waals surface area contributed by atoms with Crippen molar-refractivity contribution in [2.45, 2.75) is 26.8 Å². The van der Waals surface area contributed by atoms with Crippen LogP contribution < -0.4 is 16.0 Å². The van der Waals surface area contributed by atoms with Crippen molar-refractivity contribution >= 4 is 24.2 Å². The molecular weight excluding hydrogens is 314 g/mol. The number of halogens is 1. The second-order valence-corrected chi connectivity index (χ2v) is 6.28. The predicted molar refractivity (Wildman–Crippen MR) is 93.9 cm³/mol. The highest BCUT2D eigenvalue weighted by atomic mass is 35.5. The molecule has 1 aliphatic heterocycles. The van der Waals surface area contributed by atoms with Gasteiger partial charge in [-0.3, -0.25) is 9.59 Å². The van der Waals surface area contributed by atoms with E-state index in [-0.39, 0.29) is 30.1 Å². The first-order valence-corrected chi connectivity index (χ1v) is 7.84. The minimum atomic E-state index is -0.514. The van der Waals surface area contributed by atoms with Crippen molar-refractivity contribution in [2.75, 3.05) is 19.6 Å². The van der Waals surface area contributed by atoms with E-state index in [1.807, 2.05) is 39.0 Å². The quantitative estimate of drug-likeness (QED) is 0.735. The fourth-order valence-corrected chi connectivity index (χ4v) is 2.43. The molecule has 1 saturated heterocycles. The lowest BCUT2D eigenvalue weighted by Gasteiger charge is -2.29. The third-order valence-corrected chi connectivity index (χ3v) is 4.06. The molecule has 6 heteroatoms. The van der Waals surface area contributed by atoms with Crippen LogP contribution in [0.2, 0.25) is 0 Å². The van der Waals surface area contributed by atoms with Crippen LogP contribution in [-0.2, 0) is 4.79 Å². The fraction of sp³-hybridized carbons (Fsp3) is 0.529. The first-order valence-electron chi connectivity index (χ1n) is 7.84. The molecule has 2 rings (SSSR count). The van der Waals surface area contributed by atoms with Crippen molar-refractivity contribution in [3.63, 3.8) is 0 Å². The molecule has 1 fully saturated rings. The number of rotatable bonds is 6. The molecule has 0 bridgehead atoms. The molecule has 0 spiro atoms. The maximum absolute atomic E-state index is 12.4. The van der Waals surface area contributed by atoms with E-state index in [9.17, 15) is 9.59 Å². The van der Waals surface area contributed by atoms with Crippen LogP contribution in [0.3, 0.4) is 0 Å². The van der Waals surface area contributed by atoms with Crippen LogP contribution in [0.4, 0.5) is 0 Å². The Morgan fingerprint density at radius 2 is 1.91 bits per heavy atom. The van der Waals surface area contributed by atoms with E-state index >= 15 is 0 Å². The molecule has 2 amide bonds.